The maximum atomic E-state index is 14.3. The second-order valence-electron chi connectivity index (χ2n) is 12.8. The van der Waals surface area contributed by atoms with Gasteiger partial charge in [-0.25, -0.2) is 4.39 Å². The van der Waals surface area contributed by atoms with Gasteiger partial charge in [0, 0.05) is 60.9 Å². The summed E-state index contributed by atoms with van der Waals surface area (Å²) in [7, 11) is 0. The number of aromatic nitrogens is 2. The fourth-order valence-corrected chi connectivity index (χ4v) is 7.41. The number of hydrogen-bond acceptors (Lipinski definition) is 6. The Bertz CT molecular complexity index is 2020. The van der Waals surface area contributed by atoms with Gasteiger partial charge in [0.15, 0.2) is 0 Å². The standard InChI is InChI=1S/C39H38ClFN6O2/c1-24-34(11-10-27(20-42)37(24)40)47-23-30(19-35(47)28-5-4-14-44-22-28)49-16-3-2-13-43-21-25-6-8-26(9-7-25)38-31-12-15-45-39(48)32-17-29(41)18-33(46-38)36(31)32/h4-11,14,17-18,22,30,35,43,46H,2-3,12-13,15-16,19,21,23H2,1H3,(H,45,48). The van der Waals surface area contributed by atoms with Gasteiger partial charge in [-0.05, 0) is 97.3 Å². The summed E-state index contributed by atoms with van der Waals surface area (Å²) >= 11 is 6.55. The summed E-state index contributed by atoms with van der Waals surface area (Å²) in [5.41, 5.74) is 8.75. The first-order valence-electron chi connectivity index (χ1n) is 16.8. The second kappa shape index (κ2) is 14.4. The fourth-order valence-electron chi connectivity index (χ4n) is 7.21. The number of pyridine rings is 1. The highest BCUT2D eigenvalue weighted by Crippen LogP contribution is 2.41. The molecule has 8 nitrogen and oxygen atoms in total. The highest BCUT2D eigenvalue weighted by molar-refractivity contribution is 6.32. The van der Waals surface area contributed by atoms with Crippen molar-refractivity contribution in [2.24, 2.45) is 0 Å². The van der Waals surface area contributed by atoms with Crippen LogP contribution in [0.1, 0.15) is 63.5 Å². The Morgan fingerprint density at radius 1 is 1.16 bits per heavy atom. The quantitative estimate of drug-likeness (QED) is 0.126. The van der Waals surface area contributed by atoms with E-state index in [9.17, 15) is 14.4 Å². The van der Waals surface area contributed by atoms with Gasteiger partial charge in [-0.15, -0.1) is 0 Å². The van der Waals surface area contributed by atoms with Crippen LogP contribution in [0.25, 0.3) is 22.2 Å². The van der Waals surface area contributed by atoms with Crippen LogP contribution in [-0.2, 0) is 17.7 Å². The molecule has 2 aliphatic heterocycles. The van der Waals surface area contributed by atoms with E-state index in [1.54, 1.807) is 12.3 Å². The normalized spacial score (nSPS) is 17.3. The van der Waals surface area contributed by atoms with Crippen molar-refractivity contribution in [1.29, 1.82) is 5.26 Å². The first kappa shape index (κ1) is 32.8. The smallest absolute Gasteiger partial charge is 0.252 e. The molecule has 0 aliphatic carbocycles. The number of nitrogens with one attached hydrogen (secondary N) is 3. The highest BCUT2D eigenvalue weighted by Gasteiger charge is 2.35. The zero-order chi connectivity index (χ0) is 33.9. The molecule has 2 aliphatic rings. The lowest BCUT2D eigenvalue weighted by atomic mass is 9.99. The van der Waals surface area contributed by atoms with Gasteiger partial charge in [-0.3, -0.25) is 9.78 Å². The molecule has 49 heavy (non-hydrogen) atoms. The molecule has 1 amide bonds. The minimum atomic E-state index is -0.424. The van der Waals surface area contributed by atoms with Crippen molar-refractivity contribution in [3.05, 3.63) is 117 Å². The van der Waals surface area contributed by atoms with Crippen LogP contribution in [0.5, 0.6) is 0 Å². The number of hydrogen-bond donors (Lipinski definition) is 3. The average Bonchev–Trinajstić information content (AvgIpc) is 3.66. The van der Waals surface area contributed by atoms with Crippen LogP contribution in [0, 0.1) is 24.1 Å². The van der Waals surface area contributed by atoms with Crippen molar-refractivity contribution >= 4 is 34.1 Å². The number of halogens is 2. The fraction of sp³-hybridized carbons (Fsp3) is 0.308. The van der Waals surface area contributed by atoms with Gasteiger partial charge < -0.3 is 25.3 Å². The van der Waals surface area contributed by atoms with Crippen molar-refractivity contribution in [2.75, 3.05) is 31.1 Å². The number of H-pyrrole nitrogens is 1. The van der Waals surface area contributed by atoms with E-state index in [-0.39, 0.29) is 18.1 Å². The number of nitrogens with zero attached hydrogens (tertiary/aromatic N) is 3. The Labute approximate surface area is 290 Å². The highest BCUT2D eigenvalue weighted by atomic mass is 35.5. The van der Waals surface area contributed by atoms with Crippen LogP contribution in [0.4, 0.5) is 10.1 Å². The van der Waals surface area contributed by atoms with Crippen molar-refractivity contribution < 1.29 is 13.9 Å². The first-order chi connectivity index (χ1) is 23.9. The predicted octanol–water partition coefficient (Wildman–Crippen LogP) is 7.40. The molecule has 0 spiro atoms. The molecule has 1 fully saturated rings. The zero-order valence-corrected chi connectivity index (χ0v) is 28.1. The Morgan fingerprint density at radius 2 is 2.02 bits per heavy atom. The van der Waals surface area contributed by atoms with Gasteiger partial charge in [0.05, 0.1) is 28.3 Å². The second-order valence-corrected chi connectivity index (χ2v) is 13.2. The SMILES string of the molecule is Cc1c(N2CC(OCCCCNCc3ccc(-c4[nH]c5cc(F)cc6c5c4CCNC6=O)cc3)CC2c2cccnc2)ccc(C#N)c1Cl. The molecule has 0 radical (unpaired) electrons. The zero-order valence-electron chi connectivity index (χ0n) is 27.4. The molecule has 2 aromatic heterocycles. The van der Waals surface area contributed by atoms with Crippen molar-refractivity contribution in [3.8, 4) is 17.3 Å². The van der Waals surface area contributed by atoms with E-state index >= 15 is 0 Å². The number of anilines is 1. The molecule has 0 saturated carbocycles. The third kappa shape index (κ3) is 6.77. The molecule has 250 valence electrons. The van der Waals surface area contributed by atoms with Crippen molar-refractivity contribution in [3.63, 3.8) is 0 Å². The molecule has 10 heteroatoms. The number of benzene rings is 3. The minimum absolute atomic E-state index is 0.0732. The molecule has 4 heterocycles. The Hall–Kier alpha value is -4.75. The van der Waals surface area contributed by atoms with Gasteiger partial charge in [0.2, 0.25) is 0 Å². The van der Waals surface area contributed by atoms with E-state index in [0.717, 1.165) is 77.9 Å². The summed E-state index contributed by atoms with van der Waals surface area (Å²) in [6.45, 7) is 5.54. The molecule has 5 aromatic rings. The summed E-state index contributed by atoms with van der Waals surface area (Å²) in [6.07, 6.45) is 7.25. The van der Waals surface area contributed by atoms with Crippen LogP contribution < -0.4 is 15.5 Å². The monoisotopic (exact) mass is 676 g/mol. The topological polar surface area (TPSA) is 106 Å². The molecule has 3 N–H and O–H groups in total. The first-order valence-corrected chi connectivity index (χ1v) is 17.2. The summed E-state index contributed by atoms with van der Waals surface area (Å²) in [6, 6.07) is 21.3. The molecule has 1 saturated heterocycles. The van der Waals surface area contributed by atoms with Gasteiger partial charge in [0.1, 0.15) is 11.9 Å². The van der Waals surface area contributed by atoms with Crippen molar-refractivity contribution in [2.45, 2.75) is 51.3 Å². The van der Waals surface area contributed by atoms with Gasteiger partial charge in [-0.1, -0.05) is 41.9 Å². The number of carbonyl (C=O) groups excluding carboxylic acids is 1. The number of nitriles is 1. The number of ether oxygens (including phenoxy) is 1. The summed E-state index contributed by atoms with van der Waals surface area (Å²) in [5.74, 6) is -0.658. The van der Waals surface area contributed by atoms with E-state index in [2.05, 4.69) is 61.9 Å². The van der Waals surface area contributed by atoms with Crippen LogP contribution in [0.3, 0.4) is 0 Å². The maximum Gasteiger partial charge on any atom is 0.252 e. The summed E-state index contributed by atoms with van der Waals surface area (Å²) in [4.78, 5) is 22.6. The molecule has 0 bridgehead atoms. The third-order valence-corrected chi connectivity index (χ3v) is 10.2. The molecular weight excluding hydrogens is 639 g/mol. The largest absolute Gasteiger partial charge is 0.376 e. The predicted molar refractivity (Wildman–Crippen MR) is 190 cm³/mol. The Balaban J connectivity index is 0.903. The number of carbonyl (C=O) groups is 1. The van der Waals surface area contributed by atoms with Crippen molar-refractivity contribution in [1.82, 2.24) is 20.6 Å². The lowest BCUT2D eigenvalue weighted by Gasteiger charge is -2.28. The van der Waals surface area contributed by atoms with Crippen LogP contribution in [0.2, 0.25) is 5.02 Å². The maximum absolute atomic E-state index is 14.3. The van der Waals surface area contributed by atoms with E-state index < -0.39 is 5.82 Å². The lowest BCUT2D eigenvalue weighted by Crippen LogP contribution is -2.26. The van der Waals surface area contributed by atoms with Crippen LogP contribution in [0.15, 0.2) is 73.1 Å². The lowest BCUT2D eigenvalue weighted by molar-refractivity contribution is 0.0635. The van der Waals surface area contributed by atoms with E-state index in [1.165, 1.54) is 17.7 Å². The van der Waals surface area contributed by atoms with Gasteiger partial charge >= 0.3 is 0 Å². The number of aromatic amines is 1. The minimum Gasteiger partial charge on any atom is -0.376 e. The van der Waals surface area contributed by atoms with E-state index in [0.29, 0.717) is 41.2 Å². The molecule has 7 rings (SSSR count). The van der Waals surface area contributed by atoms with Crippen LogP contribution >= 0.6 is 11.6 Å². The summed E-state index contributed by atoms with van der Waals surface area (Å²) < 4.78 is 20.6. The summed E-state index contributed by atoms with van der Waals surface area (Å²) in [5, 5.41) is 17.2. The molecule has 2 atom stereocenters. The van der Waals surface area contributed by atoms with E-state index in [4.69, 9.17) is 16.3 Å². The van der Waals surface area contributed by atoms with Gasteiger partial charge in [-0.2, -0.15) is 5.26 Å². The third-order valence-electron chi connectivity index (χ3n) is 9.66. The molecular formula is C39H38ClFN6O2. The Kier molecular flexibility index (Phi) is 9.63. The van der Waals surface area contributed by atoms with Crippen LogP contribution in [-0.4, -0.2) is 48.2 Å². The van der Waals surface area contributed by atoms with E-state index in [1.807, 2.05) is 25.3 Å². The number of rotatable bonds is 11. The van der Waals surface area contributed by atoms with Gasteiger partial charge in [0.25, 0.3) is 5.91 Å². The molecule has 3 aromatic carbocycles. The average molecular weight is 677 g/mol. The molecule has 2 unspecified atom stereocenters. The number of amides is 1. The number of unbranched alkanes of at least 4 members (excludes halogenated alkanes) is 1. The Morgan fingerprint density at radius 3 is 2.82 bits per heavy atom.